The number of phenolic OH excluding ortho intramolecular Hbond substituents is 1. The largest absolute Gasteiger partial charge is 0.507 e. The highest BCUT2D eigenvalue weighted by atomic mass is 16.3. The summed E-state index contributed by atoms with van der Waals surface area (Å²) in [5.74, 6) is 7.20. The molecule has 1 fully saturated rings. The van der Waals surface area contributed by atoms with Gasteiger partial charge in [-0.15, -0.1) is 10.2 Å². The van der Waals surface area contributed by atoms with Crippen molar-refractivity contribution < 1.29 is 5.11 Å². The van der Waals surface area contributed by atoms with Crippen LogP contribution in [0.5, 0.6) is 5.75 Å². The van der Waals surface area contributed by atoms with Gasteiger partial charge in [-0.05, 0) is 57.0 Å². The molecule has 0 saturated carbocycles. The van der Waals surface area contributed by atoms with E-state index in [0.717, 1.165) is 31.5 Å². The zero-order chi connectivity index (χ0) is 20.2. The van der Waals surface area contributed by atoms with E-state index in [-0.39, 0.29) is 11.6 Å². The Labute approximate surface area is 170 Å². The van der Waals surface area contributed by atoms with Crippen LogP contribution < -0.4 is 11.1 Å². The minimum Gasteiger partial charge on any atom is -0.507 e. The third-order valence-electron chi connectivity index (χ3n) is 5.43. The van der Waals surface area contributed by atoms with E-state index in [1.165, 1.54) is 0 Å². The van der Waals surface area contributed by atoms with Crippen LogP contribution in [0.1, 0.15) is 36.9 Å². The van der Waals surface area contributed by atoms with Crippen LogP contribution in [0.2, 0.25) is 0 Å². The van der Waals surface area contributed by atoms with Crippen LogP contribution in [-0.2, 0) is 0 Å². The summed E-state index contributed by atoms with van der Waals surface area (Å²) < 4.78 is 2.00. The van der Waals surface area contributed by atoms with Gasteiger partial charge >= 0.3 is 0 Å². The number of piperidine rings is 1. The van der Waals surface area contributed by atoms with Crippen LogP contribution in [0, 0.1) is 17.8 Å². The molecule has 1 aliphatic rings. The molecule has 4 N–H and O–H groups in total. The lowest BCUT2D eigenvalue weighted by atomic mass is 9.91. The van der Waals surface area contributed by atoms with Crippen molar-refractivity contribution in [3.8, 4) is 28.8 Å². The second-order valence-electron chi connectivity index (χ2n) is 7.33. The number of nitrogens with one attached hydrogen (secondary N) is 1. The first-order valence-electron chi connectivity index (χ1n) is 9.80. The smallest absolute Gasteiger partial charge is 0.161 e. The van der Waals surface area contributed by atoms with E-state index in [2.05, 4.69) is 39.4 Å². The molecular weight excluding hydrogens is 364 g/mol. The highest BCUT2D eigenvalue weighted by Crippen LogP contribution is 2.28. The molecule has 1 aromatic carbocycles. The highest BCUT2D eigenvalue weighted by molar-refractivity contribution is 5.69. The number of phenols is 1. The number of aromatic nitrogens is 4. The third-order valence-corrected chi connectivity index (χ3v) is 5.43. The lowest BCUT2D eigenvalue weighted by molar-refractivity contribution is 0.261. The van der Waals surface area contributed by atoms with Crippen molar-refractivity contribution >= 4 is 5.82 Å². The monoisotopic (exact) mass is 388 g/mol. The molecule has 0 amide bonds. The molecule has 7 heteroatoms. The normalized spacial score (nSPS) is 15.5. The third kappa shape index (κ3) is 4.23. The fourth-order valence-corrected chi connectivity index (χ4v) is 3.63. The van der Waals surface area contributed by atoms with Crippen molar-refractivity contribution in [1.29, 1.82) is 0 Å². The number of benzene rings is 1. The summed E-state index contributed by atoms with van der Waals surface area (Å²) in [5.41, 5.74) is 8.46. The Bertz CT molecular complexity index is 1060. The molecule has 1 aliphatic heterocycles. The Kier molecular flexibility index (Phi) is 5.45. The van der Waals surface area contributed by atoms with Gasteiger partial charge in [0.15, 0.2) is 5.82 Å². The first-order chi connectivity index (χ1) is 14.1. The number of anilines is 1. The Hall–Kier alpha value is -3.37. The topological polar surface area (TPSA) is 102 Å². The first-order valence-corrected chi connectivity index (χ1v) is 9.80. The summed E-state index contributed by atoms with van der Waals surface area (Å²) in [7, 11) is 0. The summed E-state index contributed by atoms with van der Waals surface area (Å²) >= 11 is 0. The molecule has 0 radical (unpaired) electrons. The second-order valence-corrected chi connectivity index (χ2v) is 7.33. The molecule has 4 rings (SSSR count). The van der Waals surface area contributed by atoms with E-state index in [0.29, 0.717) is 28.8 Å². The average molecular weight is 388 g/mol. The van der Waals surface area contributed by atoms with Gasteiger partial charge in [0.1, 0.15) is 5.75 Å². The van der Waals surface area contributed by atoms with Crippen LogP contribution in [0.25, 0.3) is 11.3 Å². The van der Waals surface area contributed by atoms with E-state index in [9.17, 15) is 5.11 Å². The van der Waals surface area contributed by atoms with E-state index in [1.54, 1.807) is 30.5 Å². The zero-order valence-corrected chi connectivity index (χ0v) is 16.3. The number of rotatable bonds is 3. The second kappa shape index (κ2) is 8.33. The van der Waals surface area contributed by atoms with Gasteiger partial charge in [0, 0.05) is 11.8 Å². The fourth-order valence-electron chi connectivity index (χ4n) is 3.63. The Balaban J connectivity index is 1.56. The molecule has 29 heavy (non-hydrogen) atoms. The number of para-hydroxylation sites is 1. The molecule has 1 atom stereocenters. The maximum absolute atomic E-state index is 10.0. The number of aromatic hydroxyl groups is 1. The molecule has 1 saturated heterocycles. The van der Waals surface area contributed by atoms with Crippen molar-refractivity contribution in [2.45, 2.75) is 25.8 Å². The fraction of sp³-hybridized carbons (Fsp3) is 0.318. The van der Waals surface area contributed by atoms with Crippen molar-refractivity contribution in [2.75, 3.05) is 18.8 Å². The predicted molar refractivity (Wildman–Crippen MR) is 112 cm³/mol. The van der Waals surface area contributed by atoms with E-state index in [1.807, 2.05) is 16.9 Å². The van der Waals surface area contributed by atoms with Crippen LogP contribution in [-0.4, -0.2) is 38.2 Å². The van der Waals surface area contributed by atoms with Crippen molar-refractivity contribution in [3.63, 3.8) is 0 Å². The number of hydrogen-bond acceptors (Lipinski definition) is 6. The number of nitrogen functional groups attached to an aromatic ring is 1. The Morgan fingerprint density at radius 1 is 1.21 bits per heavy atom. The molecule has 0 aliphatic carbocycles. The van der Waals surface area contributed by atoms with Gasteiger partial charge < -0.3 is 16.2 Å². The summed E-state index contributed by atoms with van der Waals surface area (Å²) in [6.45, 7) is 4.34. The van der Waals surface area contributed by atoms with Crippen LogP contribution in [0.3, 0.4) is 0 Å². The number of nitrogens with zero attached hydrogens (tertiary/aromatic N) is 4. The maximum atomic E-state index is 10.0. The van der Waals surface area contributed by atoms with E-state index in [4.69, 9.17) is 5.73 Å². The molecule has 2 aromatic heterocycles. The molecule has 0 spiro atoms. The van der Waals surface area contributed by atoms with Gasteiger partial charge in [0.25, 0.3) is 0 Å². The quantitative estimate of drug-likeness (QED) is 0.596. The summed E-state index contributed by atoms with van der Waals surface area (Å²) in [6.07, 6.45) is 6.08. The van der Waals surface area contributed by atoms with Gasteiger partial charge in [0.05, 0.1) is 29.1 Å². The highest BCUT2D eigenvalue weighted by Gasteiger charge is 2.21. The van der Waals surface area contributed by atoms with Gasteiger partial charge in [-0.2, -0.15) is 5.10 Å². The van der Waals surface area contributed by atoms with E-state index < -0.39 is 0 Å². The summed E-state index contributed by atoms with van der Waals surface area (Å²) in [4.78, 5) is 0. The van der Waals surface area contributed by atoms with Gasteiger partial charge in [-0.1, -0.05) is 24.0 Å². The molecule has 0 unspecified atom stereocenters. The zero-order valence-electron chi connectivity index (χ0n) is 16.3. The molecule has 148 valence electrons. The molecule has 7 nitrogen and oxygen atoms in total. The lowest BCUT2D eigenvalue weighted by Gasteiger charge is -2.28. The predicted octanol–water partition coefficient (Wildman–Crippen LogP) is 2.59. The molecule has 0 bridgehead atoms. The standard InChI is InChI=1S/C22H24N6O/c1-15(17-8-10-24-11-9-17)28-14-16(13-25-28)6-7-18-12-20(26-27-22(18)23)19-4-2-3-5-21(19)29/h2-5,12-15,17,24,29H,8-11H2,1H3,(H2,23,27)/t15-/m1/s1. The Morgan fingerprint density at radius 3 is 2.79 bits per heavy atom. The van der Waals surface area contributed by atoms with Gasteiger partial charge in [-0.3, -0.25) is 4.68 Å². The number of nitrogens with two attached hydrogens (primary N) is 1. The molecular formula is C22H24N6O. The minimum absolute atomic E-state index is 0.138. The van der Waals surface area contributed by atoms with Crippen molar-refractivity contribution in [1.82, 2.24) is 25.3 Å². The molecule has 3 heterocycles. The lowest BCUT2D eigenvalue weighted by Crippen LogP contribution is -2.31. The van der Waals surface area contributed by atoms with Gasteiger partial charge in [-0.25, -0.2) is 0 Å². The summed E-state index contributed by atoms with van der Waals surface area (Å²) in [5, 5.41) is 26.0. The minimum atomic E-state index is 0.138. The van der Waals surface area contributed by atoms with Gasteiger partial charge in [0.2, 0.25) is 0 Å². The maximum Gasteiger partial charge on any atom is 0.161 e. The van der Waals surface area contributed by atoms with Crippen LogP contribution in [0.4, 0.5) is 5.82 Å². The van der Waals surface area contributed by atoms with Crippen LogP contribution in [0.15, 0.2) is 42.7 Å². The average Bonchev–Trinajstić information content (AvgIpc) is 3.23. The van der Waals surface area contributed by atoms with Crippen molar-refractivity contribution in [3.05, 3.63) is 53.9 Å². The van der Waals surface area contributed by atoms with Crippen LogP contribution >= 0.6 is 0 Å². The van der Waals surface area contributed by atoms with Crippen molar-refractivity contribution in [2.24, 2.45) is 5.92 Å². The number of hydrogen-bond donors (Lipinski definition) is 3. The Morgan fingerprint density at radius 2 is 2.00 bits per heavy atom. The molecule has 3 aromatic rings. The summed E-state index contributed by atoms with van der Waals surface area (Å²) in [6, 6.07) is 9.05. The SMILES string of the molecule is C[C@H](C1CCNCC1)n1cc(C#Cc2cc(-c3ccccc3O)nnc2N)cn1. The van der Waals surface area contributed by atoms with E-state index >= 15 is 0 Å². The first kappa shape index (κ1) is 19.0.